The Morgan fingerprint density at radius 2 is 0.543 bits per heavy atom. The minimum Gasteiger partial charge on any atom is -0.192 e. The lowest BCUT2D eigenvalue weighted by molar-refractivity contribution is 1.48. The third-order valence-corrected chi connectivity index (χ3v) is 8.91. The van der Waals surface area contributed by atoms with E-state index in [1.807, 2.05) is 24.3 Å². The van der Waals surface area contributed by atoms with Gasteiger partial charge in [-0.25, -0.2) is 0 Å². The summed E-state index contributed by atoms with van der Waals surface area (Å²) in [7, 11) is 0. The van der Waals surface area contributed by atoms with Gasteiger partial charge in [-0.15, -0.1) is 0 Å². The van der Waals surface area contributed by atoms with Crippen molar-refractivity contribution < 1.29 is 0 Å². The highest BCUT2D eigenvalue weighted by Gasteiger charge is 2.25. The molecule has 0 bridgehead atoms. The highest BCUT2D eigenvalue weighted by molar-refractivity contribution is 6.33. The zero-order valence-electron chi connectivity index (χ0n) is 24.9. The molecule has 0 amide bonds. The molecule has 212 valence electrons. The molecule has 0 N–H and O–H groups in total. The SMILES string of the molecule is N#Cc1ccc(-c2c3ccccc3c(-c3ccc(C#N)cc3)c3c(-c4ccccc4)c4ccccc4c(-c4ccccc4)c23)cc1. The van der Waals surface area contributed by atoms with Crippen LogP contribution in [0.1, 0.15) is 11.1 Å². The molecule has 8 aromatic carbocycles. The highest BCUT2D eigenvalue weighted by Crippen LogP contribution is 2.53. The second kappa shape index (κ2) is 11.2. The van der Waals surface area contributed by atoms with Crippen molar-refractivity contribution >= 4 is 32.3 Å². The minimum atomic E-state index is 0.630. The summed E-state index contributed by atoms with van der Waals surface area (Å²) in [5.41, 5.74) is 10.3. The van der Waals surface area contributed by atoms with Gasteiger partial charge in [-0.2, -0.15) is 10.5 Å². The van der Waals surface area contributed by atoms with Gasteiger partial charge in [-0.05, 0) is 101 Å². The Balaban J connectivity index is 1.73. The van der Waals surface area contributed by atoms with Crippen molar-refractivity contribution in [1.82, 2.24) is 0 Å². The monoisotopic (exact) mass is 582 g/mol. The van der Waals surface area contributed by atoms with Gasteiger partial charge in [0.25, 0.3) is 0 Å². The Hall–Kier alpha value is -6.48. The number of hydrogen-bond donors (Lipinski definition) is 0. The number of fused-ring (bicyclic) bond motifs is 3. The molecule has 46 heavy (non-hydrogen) atoms. The van der Waals surface area contributed by atoms with Crippen LogP contribution in [0.15, 0.2) is 158 Å². The van der Waals surface area contributed by atoms with E-state index in [1.165, 1.54) is 21.9 Å². The van der Waals surface area contributed by atoms with E-state index in [1.54, 1.807) is 0 Å². The third kappa shape index (κ3) is 4.33. The van der Waals surface area contributed by atoms with Gasteiger partial charge in [-0.1, -0.05) is 133 Å². The Morgan fingerprint density at radius 1 is 0.283 bits per heavy atom. The molecule has 8 aromatic rings. The fourth-order valence-electron chi connectivity index (χ4n) is 6.96. The summed E-state index contributed by atoms with van der Waals surface area (Å²) in [5.74, 6) is 0. The van der Waals surface area contributed by atoms with Crippen LogP contribution < -0.4 is 0 Å². The maximum Gasteiger partial charge on any atom is 0.0991 e. The van der Waals surface area contributed by atoms with Gasteiger partial charge in [0.1, 0.15) is 0 Å². The fraction of sp³-hybridized carbons (Fsp3) is 0. The molecule has 0 aliphatic carbocycles. The topological polar surface area (TPSA) is 47.6 Å². The molecule has 0 aliphatic rings. The van der Waals surface area contributed by atoms with Crippen molar-refractivity contribution in [3.8, 4) is 56.6 Å². The van der Waals surface area contributed by atoms with E-state index in [0.29, 0.717) is 11.1 Å². The molecule has 8 rings (SSSR count). The van der Waals surface area contributed by atoms with Crippen LogP contribution in [0.5, 0.6) is 0 Å². The van der Waals surface area contributed by atoms with Crippen LogP contribution in [0.25, 0.3) is 76.8 Å². The van der Waals surface area contributed by atoms with Gasteiger partial charge in [0.15, 0.2) is 0 Å². The molecule has 2 nitrogen and oxygen atoms in total. The molecular formula is C44H26N2. The van der Waals surface area contributed by atoms with Crippen LogP contribution in [0.3, 0.4) is 0 Å². The van der Waals surface area contributed by atoms with E-state index in [2.05, 4.69) is 146 Å². The van der Waals surface area contributed by atoms with Crippen molar-refractivity contribution in [2.24, 2.45) is 0 Å². The van der Waals surface area contributed by atoms with Crippen molar-refractivity contribution in [3.05, 3.63) is 169 Å². The first-order valence-corrected chi connectivity index (χ1v) is 15.3. The molecule has 2 heteroatoms. The summed E-state index contributed by atoms with van der Waals surface area (Å²) in [6.07, 6.45) is 0. The van der Waals surface area contributed by atoms with E-state index in [-0.39, 0.29) is 0 Å². The van der Waals surface area contributed by atoms with Crippen LogP contribution in [0, 0.1) is 22.7 Å². The van der Waals surface area contributed by atoms with E-state index >= 15 is 0 Å². The predicted octanol–water partition coefficient (Wildman–Crippen LogP) is 11.6. The largest absolute Gasteiger partial charge is 0.192 e. The highest BCUT2D eigenvalue weighted by atomic mass is 14.3. The summed E-state index contributed by atoms with van der Waals surface area (Å²) in [4.78, 5) is 0. The van der Waals surface area contributed by atoms with Gasteiger partial charge < -0.3 is 0 Å². The Labute approximate surface area is 267 Å². The number of nitrogens with zero attached hydrogens (tertiary/aromatic N) is 2. The average Bonchev–Trinajstić information content (AvgIpc) is 3.13. The van der Waals surface area contributed by atoms with E-state index in [0.717, 1.165) is 54.9 Å². The van der Waals surface area contributed by atoms with Crippen molar-refractivity contribution in [2.45, 2.75) is 0 Å². The van der Waals surface area contributed by atoms with E-state index < -0.39 is 0 Å². The lowest BCUT2D eigenvalue weighted by Gasteiger charge is -2.25. The van der Waals surface area contributed by atoms with Gasteiger partial charge in [-0.3, -0.25) is 0 Å². The lowest BCUT2D eigenvalue weighted by Crippen LogP contribution is -1.97. The molecule has 0 atom stereocenters. The Bertz CT molecular complexity index is 2320. The van der Waals surface area contributed by atoms with Gasteiger partial charge in [0.05, 0.1) is 23.3 Å². The zero-order chi connectivity index (χ0) is 31.0. The Kier molecular flexibility index (Phi) is 6.61. The van der Waals surface area contributed by atoms with Gasteiger partial charge >= 0.3 is 0 Å². The quantitative estimate of drug-likeness (QED) is 0.194. The van der Waals surface area contributed by atoms with Crippen LogP contribution in [0.2, 0.25) is 0 Å². The van der Waals surface area contributed by atoms with Gasteiger partial charge in [0, 0.05) is 0 Å². The van der Waals surface area contributed by atoms with Crippen molar-refractivity contribution in [1.29, 1.82) is 10.5 Å². The maximum absolute atomic E-state index is 9.65. The number of benzene rings is 8. The van der Waals surface area contributed by atoms with Crippen LogP contribution in [0.4, 0.5) is 0 Å². The maximum atomic E-state index is 9.65. The molecular weight excluding hydrogens is 556 g/mol. The zero-order valence-corrected chi connectivity index (χ0v) is 24.9. The van der Waals surface area contributed by atoms with Crippen LogP contribution >= 0.6 is 0 Å². The predicted molar refractivity (Wildman–Crippen MR) is 190 cm³/mol. The molecule has 0 saturated carbocycles. The number of rotatable bonds is 4. The molecule has 0 spiro atoms. The first-order valence-electron chi connectivity index (χ1n) is 15.3. The van der Waals surface area contributed by atoms with Gasteiger partial charge in [0.2, 0.25) is 0 Å². The summed E-state index contributed by atoms with van der Waals surface area (Å²) in [5, 5.41) is 26.2. The summed E-state index contributed by atoms with van der Waals surface area (Å²) in [6.45, 7) is 0. The second-order valence-electron chi connectivity index (χ2n) is 11.5. The first kappa shape index (κ1) is 27.1. The molecule has 0 unspecified atom stereocenters. The molecule has 0 aliphatic heterocycles. The molecule has 0 radical (unpaired) electrons. The van der Waals surface area contributed by atoms with Crippen molar-refractivity contribution in [2.75, 3.05) is 0 Å². The Morgan fingerprint density at radius 3 is 0.826 bits per heavy atom. The van der Waals surface area contributed by atoms with Crippen molar-refractivity contribution in [3.63, 3.8) is 0 Å². The molecule has 0 aromatic heterocycles. The van der Waals surface area contributed by atoms with Crippen LogP contribution in [-0.2, 0) is 0 Å². The lowest BCUT2D eigenvalue weighted by atomic mass is 9.77. The summed E-state index contributed by atoms with van der Waals surface area (Å²) >= 11 is 0. The summed E-state index contributed by atoms with van der Waals surface area (Å²) < 4.78 is 0. The molecule has 0 fully saturated rings. The fourth-order valence-corrected chi connectivity index (χ4v) is 6.96. The first-order chi connectivity index (χ1) is 22.8. The van der Waals surface area contributed by atoms with Crippen LogP contribution in [-0.4, -0.2) is 0 Å². The molecule has 0 heterocycles. The van der Waals surface area contributed by atoms with E-state index in [4.69, 9.17) is 0 Å². The standard InChI is InChI=1S/C44H26N2/c45-27-29-19-23-33(24-20-29)41-37-17-9-10-18-38(37)42(34-25-21-30(28-46)22-26-34)44-40(32-13-5-2-6-14-32)36-16-8-7-15-35(36)39(43(41)44)31-11-3-1-4-12-31/h1-26H. The molecule has 0 saturated heterocycles. The third-order valence-electron chi connectivity index (χ3n) is 8.91. The van der Waals surface area contributed by atoms with E-state index in [9.17, 15) is 10.5 Å². The normalized spacial score (nSPS) is 11.0. The smallest absolute Gasteiger partial charge is 0.0991 e. The number of nitriles is 2. The number of hydrogen-bond acceptors (Lipinski definition) is 2. The summed E-state index contributed by atoms with van der Waals surface area (Å²) in [6, 6.07) is 59.2. The second-order valence-corrected chi connectivity index (χ2v) is 11.5. The minimum absolute atomic E-state index is 0.630. The average molecular weight is 583 g/mol.